The second-order valence-corrected chi connectivity index (χ2v) is 5.86. The fourth-order valence-electron chi connectivity index (χ4n) is 3.23. The first-order chi connectivity index (χ1) is 10.8. The van der Waals surface area contributed by atoms with Crippen LogP contribution in [0.15, 0.2) is 71.1 Å². The minimum absolute atomic E-state index is 0.750. The molecule has 1 aliphatic heterocycles. The van der Waals surface area contributed by atoms with Crippen molar-refractivity contribution in [3.8, 4) is 33.8 Å². The summed E-state index contributed by atoms with van der Waals surface area (Å²) < 4.78 is 8.30. The molecule has 0 aliphatic carbocycles. The molecule has 0 saturated carbocycles. The van der Waals surface area contributed by atoms with E-state index in [-0.39, 0.29) is 0 Å². The maximum atomic E-state index is 6.19. The molecule has 0 spiro atoms. The quantitative estimate of drug-likeness (QED) is 0.399. The summed E-state index contributed by atoms with van der Waals surface area (Å²) in [6, 6.07) is 22.3. The van der Waals surface area contributed by atoms with E-state index in [2.05, 4.69) is 28.7 Å². The van der Waals surface area contributed by atoms with Crippen LogP contribution in [-0.4, -0.2) is 0 Å². The van der Waals surface area contributed by atoms with E-state index in [9.17, 15) is 0 Å². The van der Waals surface area contributed by atoms with Crippen molar-refractivity contribution in [1.29, 1.82) is 0 Å². The Labute approximate surface area is 132 Å². The zero-order chi connectivity index (χ0) is 14.7. The molecule has 2 nitrogen and oxygen atoms in total. The molecule has 0 saturated heterocycles. The Morgan fingerprint density at radius 3 is 2.55 bits per heavy atom. The topological polar surface area (TPSA) is 17.2 Å². The summed E-state index contributed by atoms with van der Waals surface area (Å²) in [5, 5.41) is 0.750. The van der Waals surface area contributed by atoms with Gasteiger partial charge in [-0.2, -0.15) is 0 Å². The summed E-state index contributed by atoms with van der Waals surface area (Å²) in [5.41, 5.74) is 6.46. The zero-order valence-corrected chi connectivity index (χ0v) is 12.3. The Morgan fingerprint density at radius 1 is 0.818 bits per heavy atom. The molecule has 0 amide bonds. The predicted octanol–water partition coefficient (Wildman–Crippen LogP) is 4.99. The zero-order valence-electron chi connectivity index (χ0n) is 11.6. The monoisotopic (exact) mass is 304 g/mol. The summed E-state index contributed by atoms with van der Waals surface area (Å²) in [4.78, 5) is 0. The lowest BCUT2D eigenvalue weighted by atomic mass is 10.0. The smallest absolute Gasteiger partial charge is 0.380 e. The van der Waals surface area contributed by atoms with Gasteiger partial charge in [-0.3, -0.25) is 0 Å². The number of oxazole rings is 1. The van der Waals surface area contributed by atoms with Crippen LogP contribution in [0, 0.1) is 0 Å². The van der Waals surface area contributed by atoms with Crippen LogP contribution in [-0.2, 0) is 0 Å². The summed E-state index contributed by atoms with van der Waals surface area (Å²) >= 11 is 6.19. The van der Waals surface area contributed by atoms with Gasteiger partial charge >= 0.3 is 5.71 Å². The van der Waals surface area contributed by atoms with E-state index in [1.54, 1.807) is 0 Å². The summed E-state index contributed by atoms with van der Waals surface area (Å²) in [6.45, 7) is 0. The van der Waals surface area contributed by atoms with Gasteiger partial charge in [0.05, 0.1) is 17.2 Å². The standard InChI is InChI=1S/C19H11ClNO/c20-13-9-10-14-15(11-13)16-7-4-8-17-21(16)18(14)19(22-17)12-5-2-1-3-6-12/h1-11H/q+1. The summed E-state index contributed by atoms with van der Waals surface area (Å²) in [6.07, 6.45) is 0. The van der Waals surface area contributed by atoms with Crippen LogP contribution in [0.4, 0.5) is 0 Å². The minimum Gasteiger partial charge on any atom is -0.397 e. The molecule has 104 valence electrons. The van der Waals surface area contributed by atoms with Gasteiger partial charge in [-0.1, -0.05) is 41.9 Å². The molecular formula is C19H11ClNO+. The molecule has 0 radical (unpaired) electrons. The van der Waals surface area contributed by atoms with E-state index in [4.69, 9.17) is 16.0 Å². The first kappa shape index (κ1) is 12.0. The molecule has 0 N–H and O–H groups in total. The van der Waals surface area contributed by atoms with Crippen LogP contribution in [0.3, 0.4) is 0 Å². The van der Waals surface area contributed by atoms with Crippen molar-refractivity contribution in [3.63, 3.8) is 0 Å². The van der Waals surface area contributed by atoms with Crippen molar-refractivity contribution in [2.75, 3.05) is 0 Å². The number of benzene rings is 2. The average Bonchev–Trinajstić information content (AvgIpc) is 3.09. The molecule has 1 aliphatic rings. The summed E-state index contributed by atoms with van der Waals surface area (Å²) in [5.74, 6) is 0.897. The van der Waals surface area contributed by atoms with Crippen LogP contribution >= 0.6 is 11.6 Å². The molecule has 0 unspecified atom stereocenters. The second kappa shape index (κ2) is 4.21. The number of hydrogen-bond donors (Lipinski definition) is 0. The first-order valence-electron chi connectivity index (χ1n) is 7.16. The number of nitrogens with zero attached hydrogens (tertiary/aromatic N) is 1. The number of aromatic nitrogens is 1. The molecule has 2 aromatic carbocycles. The van der Waals surface area contributed by atoms with Gasteiger partial charge < -0.3 is 4.42 Å². The summed E-state index contributed by atoms with van der Waals surface area (Å²) in [7, 11) is 0. The molecule has 0 fully saturated rings. The maximum absolute atomic E-state index is 6.19. The lowest BCUT2D eigenvalue weighted by Crippen LogP contribution is -2.20. The van der Waals surface area contributed by atoms with E-state index >= 15 is 0 Å². The molecule has 5 rings (SSSR count). The molecule has 2 aromatic heterocycles. The van der Waals surface area contributed by atoms with Crippen molar-refractivity contribution >= 4 is 17.3 Å². The maximum Gasteiger partial charge on any atom is 0.380 e. The van der Waals surface area contributed by atoms with Gasteiger partial charge in [0.1, 0.15) is 0 Å². The average molecular weight is 305 g/mol. The van der Waals surface area contributed by atoms with E-state index in [0.717, 1.165) is 44.6 Å². The van der Waals surface area contributed by atoms with Crippen LogP contribution < -0.4 is 4.40 Å². The van der Waals surface area contributed by atoms with Gasteiger partial charge in [-0.25, -0.2) is 0 Å². The third-order valence-electron chi connectivity index (χ3n) is 4.15. The van der Waals surface area contributed by atoms with Crippen LogP contribution in [0.25, 0.3) is 39.6 Å². The normalized spacial score (nSPS) is 11.9. The lowest BCUT2D eigenvalue weighted by molar-refractivity contribution is -0.485. The van der Waals surface area contributed by atoms with E-state index in [1.165, 1.54) is 0 Å². The Balaban J connectivity index is 1.94. The Kier molecular flexibility index (Phi) is 2.30. The molecule has 3 heteroatoms. The van der Waals surface area contributed by atoms with Crippen molar-refractivity contribution in [2.24, 2.45) is 0 Å². The number of hydrogen-bond acceptors (Lipinski definition) is 1. The second-order valence-electron chi connectivity index (χ2n) is 5.42. The van der Waals surface area contributed by atoms with Gasteiger partial charge in [-0.05, 0) is 24.3 Å². The van der Waals surface area contributed by atoms with Crippen LogP contribution in [0.1, 0.15) is 0 Å². The highest BCUT2D eigenvalue weighted by Crippen LogP contribution is 2.42. The van der Waals surface area contributed by atoms with Gasteiger partial charge in [-0.15, -0.1) is 4.40 Å². The first-order valence-corrected chi connectivity index (χ1v) is 7.54. The molecule has 0 atom stereocenters. The SMILES string of the molecule is Clc1ccc2c(c1)-c1cccc3oc(-c4ccccc4)c-2[n+]13. The third kappa shape index (κ3) is 1.48. The van der Waals surface area contributed by atoms with Gasteiger partial charge in [0.15, 0.2) is 0 Å². The predicted molar refractivity (Wildman–Crippen MR) is 86.7 cm³/mol. The van der Waals surface area contributed by atoms with E-state index in [1.807, 2.05) is 42.5 Å². The molecular weight excluding hydrogens is 294 g/mol. The Bertz CT molecular complexity index is 1030. The van der Waals surface area contributed by atoms with Crippen molar-refractivity contribution in [1.82, 2.24) is 0 Å². The number of fused-ring (bicyclic) bond motifs is 3. The van der Waals surface area contributed by atoms with Gasteiger partial charge in [0, 0.05) is 16.7 Å². The molecule has 3 heterocycles. The highest BCUT2D eigenvalue weighted by Gasteiger charge is 2.37. The third-order valence-corrected chi connectivity index (χ3v) is 4.38. The van der Waals surface area contributed by atoms with Crippen LogP contribution in [0.2, 0.25) is 5.02 Å². The van der Waals surface area contributed by atoms with Crippen molar-refractivity contribution in [3.05, 3.63) is 71.8 Å². The van der Waals surface area contributed by atoms with Crippen LogP contribution in [0.5, 0.6) is 0 Å². The van der Waals surface area contributed by atoms with Gasteiger partial charge in [0.2, 0.25) is 11.5 Å². The molecule has 0 bridgehead atoms. The Hall–Kier alpha value is -2.58. The van der Waals surface area contributed by atoms with Gasteiger partial charge in [0.25, 0.3) is 5.69 Å². The number of rotatable bonds is 1. The highest BCUT2D eigenvalue weighted by atomic mass is 35.5. The number of halogens is 1. The number of pyridine rings is 1. The minimum atomic E-state index is 0.750. The fraction of sp³-hybridized carbons (Fsp3) is 0. The van der Waals surface area contributed by atoms with E-state index in [0.29, 0.717) is 0 Å². The van der Waals surface area contributed by atoms with Crippen molar-refractivity contribution < 1.29 is 8.82 Å². The largest absolute Gasteiger partial charge is 0.397 e. The lowest BCUT2D eigenvalue weighted by Gasteiger charge is -1.98. The van der Waals surface area contributed by atoms with E-state index < -0.39 is 0 Å². The Morgan fingerprint density at radius 2 is 1.68 bits per heavy atom. The molecule has 22 heavy (non-hydrogen) atoms. The highest BCUT2D eigenvalue weighted by molar-refractivity contribution is 6.31. The fourth-order valence-corrected chi connectivity index (χ4v) is 3.40. The molecule has 4 aromatic rings. The van der Waals surface area contributed by atoms with Crippen molar-refractivity contribution in [2.45, 2.75) is 0 Å².